The number of carbonyl (C=O) groups is 3. The maximum atomic E-state index is 13.7. The Hall–Kier alpha value is -2.64. The molecule has 8 heteroatoms. The van der Waals surface area contributed by atoms with Crippen molar-refractivity contribution in [3.05, 3.63) is 57.4 Å². The van der Waals surface area contributed by atoms with E-state index in [0.717, 1.165) is 0 Å². The lowest BCUT2D eigenvalue weighted by Gasteiger charge is -2.29. The average molecular weight is 477 g/mol. The first-order valence-corrected chi connectivity index (χ1v) is 11.5. The molecular formula is C25H33ClN2O5. The Balaban J connectivity index is 2.43. The maximum absolute atomic E-state index is 13.7. The van der Waals surface area contributed by atoms with Crippen LogP contribution in [0.5, 0.6) is 0 Å². The number of benzene rings is 1. The van der Waals surface area contributed by atoms with Gasteiger partial charge in [0.25, 0.3) is 5.91 Å². The van der Waals surface area contributed by atoms with Gasteiger partial charge in [0.1, 0.15) is 5.69 Å². The molecule has 0 saturated heterocycles. The monoisotopic (exact) mass is 476 g/mol. The van der Waals surface area contributed by atoms with Crippen molar-refractivity contribution in [2.45, 2.75) is 47.1 Å². The number of nitrogens with zero attached hydrogens (tertiary/aromatic N) is 2. The third kappa shape index (κ3) is 5.84. The Bertz CT molecular complexity index is 1010. The molecule has 0 aliphatic heterocycles. The second-order valence-corrected chi connectivity index (χ2v) is 8.19. The fourth-order valence-corrected chi connectivity index (χ4v) is 4.14. The Morgan fingerprint density at radius 1 is 1.12 bits per heavy atom. The molecule has 0 radical (unpaired) electrons. The molecule has 0 bridgehead atoms. The van der Waals surface area contributed by atoms with Crippen LogP contribution in [0.4, 0.5) is 0 Å². The fraction of sp³-hybridized carbons (Fsp3) is 0.480. The summed E-state index contributed by atoms with van der Waals surface area (Å²) in [6.07, 6.45) is 0.572. The first-order valence-electron chi connectivity index (χ1n) is 11.2. The largest absolute Gasteiger partial charge is 0.461 e. The molecule has 7 nitrogen and oxygen atoms in total. The van der Waals surface area contributed by atoms with Gasteiger partial charge in [0, 0.05) is 38.1 Å². The topological polar surface area (TPSA) is 77.8 Å². The molecule has 0 spiro atoms. The molecule has 1 heterocycles. The van der Waals surface area contributed by atoms with Crippen molar-refractivity contribution in [1.29, 1.82) is 0 Å². The molecule has 1 atom stereocenters. The van der Waals surface area contributed by atoms with E-state index in [0.29, 0.717) is 59.3 Å². The third-order valence-electron chi connectivity index (χ3n) is 5.75. The van der Waals surface area contributed by atoms with Crippen molar-refractivity contribution < 1.29 is 23.9 Å². The van der Waals surface area contributed by atoms with Crippen LogP contribution in [0.25, 0.3) is 0 Å². The fourth-order valence-electron chi connectivity index (χ4n) is 3.92. The van der Waals surface area contributed by atoms with Crippen molar-refractivity contribution in [3.8, 4) is 0 Å². The van der Waals surface area contributed by atoms with Crippen molar-refractivity contribution in [2.75, 3.05) is 26.4 Å². The lowest BCUT2D eigenvalue weighted by molar-refractivity contribution is 0.0513. The lowest BCUT2D eigenvalue weighted by Crippen LogP contribution is -2.44. The zero-order chi connectivity index (χ0) is 24.7. The quantitative estimate of drug-likeness (QED) is 0.269. The van der Waals surface area contributed by atoms with E-state index in [4.69, 9.17) is 21.1 Å². The van der Waals surface area contributed by atoms with Gasteiger partial charge in [-0.05, 0) is 58.7 Å². The van der Waals surface area contributed by atoms with Crippen molar-refractivity contribution >= 4 is 29.3 Å². The number of carbonyl (C=O) groups excluding carboxylic acids is 3. The summed E-state index contributed by atoms with van der Waals surface area (Å²) >= 11 is 6.28. The minimum atomic E-state index is -0.773. The number of hydrogen-bond acceptors (Lipinski definition) is 5. The van der Waals surface area contributed by atoms with Gasteiger partial charge < -0.3 is 18.9 Å². The number of rotatable bonds is 11. The van der Waals surface area contributed by atoms with Crippen LogP contribution in [0.15, 0.2) is 24.3 Å². The molecule has 2 rings (SSSR count). The number of aromatic nitrogens is 1. The average Bonchev–Trinajstić information content (AvgIpc) is 3.01. The third-order valence-corrected chi connectivity index (χ3v) is 6.08. The summed E-state index contributed by atoms with van der Waals surface area (Å²) in [5, 5.41) is 0.327. The van der Waals surface area contributed by atoms with E-state index < -0.39 is 12.0 Å². The van der Waals surface area contributed by atoms with E-state index >= 15 is 0 Å². The van der Waals surface area contributed by atoms with Crippen molar-refractivity contribution in [3.63, 3.8) is 0 Å². The van der Waals surface area contributed by atoms with Gasteiger partial charge in [-0.1, -0.05) is 23.7 Å². The van der Waals surface area contributed by atoms with Gasteiger partial charge in [0.05, 0.1) is 23.2 Å². The number of esters is 1. The summed E-state index contributed by atoms with van der Waals surface area (Å²) in [4.78, 5) is 41.1. The number of Topliss-reactive ketones (excluding diaryl/α,β-unsaturated/α-hetero) is 1. The van der Waals surface area contributed by atoms with E-state index in [-0.39, 0.29) is 18.3 Å². The molecule has 33 heavy (non-hydrogen) atoms. The highest BCUT2D eigenvalue weighted by atomic mass is 35.5. The van der Waals surface area contributed by atoms with Crippen LogP contribution in [0.2, 0.25) is 5.02 Å². The molecule has 0 aliphatic rings. The second kappa shape index (κ2) is 12.0. The molecule has 0 fully saturated rings. The molecule has 0 aliphatic carbocycles. The number of ether oxygens (including phenoxy) is 2. The highest BCUT2D eigenvalue weighted by Gasteiger charge is 2.33. The predicted molar refractivity (Wildman–Crippen MR) is 128 cm³/mol. The highest BCUT2D eigenvalue weighted by Crippen LogP contribution is 2.26. The van der Waals surface area contributed by atoms with Crippen LogP contribution in [0.3, 0.4) is 0 Å². The van der Waals surface area contributed by atoms with Crippen LogP contribution in [0, 0.1) is 13.8 Å². The minimum Gasteiger partial charge on any atom is -0.461 e. The molecule has 1 aromatic heterocycles. The van der Waals surface area contributed by atoms with Gasteiger partial charge in [0.15, 0.2) is 5.78 Å². The molecule has 1 amide bonds. The van der Waals surface area contributed by atoms with Gasteiger partial charge in [-0.15, -0.1) is 0 Å². The Morgan fingerprint density at radius 3 is 2.39 bits per heavy atom. The molecule has 180 valence electrons. The first-order chi connectivity index (χ1) is 15.7. The Morgan fingerprint density at radius 2 is 1.79 bits per heavy atom. The normalized spacial score (nSPS) is 11.8. The Labute approximate surface area is 200 Å². The molecule has 1 aromatic carbocycles. The van der Waals surface area contributed by atoms with Crippen LogP contribution >= 0.6 is 11.6 Å². The number of halogens is 1. The summed E-state index contributed by atoms with van der Waals surface area (Å²) in [6.45, 7) is 10.5. The summed E-state index contributed by atoms with van der Waals surface area (Å²) in [5.74, 6) is -1.05. The van der Waals surface area contributed by atoms with Crippen molar-refractivity contribution in [1.82, 2.24) is 9.47 Å². The van der Waals surface area contributed by atoms with Gasteiger partial charge in [-0.3, -0.25) is 9.59 Å². The standard InChI is InChI=1S/C25H33ClN2O5/c1-7-32-15-11-14-28(24(30)19-12-9-10-13-20(19)26)18(5)23(29)21-16(3)22(25(31)33-8-2)27(6)17(21)4/h9-10,12-13,18H,7-8,11,14-15H2,1-6H3. The SMILES string of the molecule is CCOCCCN(C(=O)c1ccccc1Cl)C(C)C(=O)c1c(C)c(C(=O)OCC)n(C)c1C. The minimum absolute atomic E-state index is 0.238. The van der Waals surface area contributed by atoms with Crippen LogP contribution < -0.4 is 0 Å². The molecule has 0 saturated carbocycles. The van der Waals surface area contributed by atoms with Crippen LogP contribution in [-0.2, 0) is 16.5 Å². The van der Waals surface area contributed by atoms with E-state index in [1.165, 1.54) is 4.90 Å². The number of ketones is 1. The molecule has 2 aromatic rings. The van der Waals surface area contributed by atoms with E-state index in [9.17, 15) is 14.4 Å². The summed E-state index contributed by atoms with van der Waals surface area (Å²) < 4.78 is 12.3. The Kier molecular flexibility index (Phi) is 9.68. The zero-order valence-corrected chi connectivity index (χ0v) is 21.0. The molecular weight excluding hydrogens is 444 g/mol. The van der Waals surface area contributed by atoms with Crippen LogP contribution in [0.1, 0.15) is 69.7 Å². The number of hydrogen-bond donors (Lipinski definition) is 0. The smallest absolute Gasteiger partial charge is 0.355 e. The maximum Gasteiger partial charge on any atom is 0.355 e. The van der Waals surface area contributed by atoms with E-state index in [1.54, 1.807) is 63.6 Å². The van der Waals surface area contributed by atoms with E-state index in [1.807, 2.05) is 6.92 Å². The zero-order valence-electron chi connectivity index (χ0n) is 20.2. The van der Waals surface area contributed by atoms with Gasteiger partial charge >= 0.3 is 5.97 Å². The van der Waals surface area contributed by atoms with Crippen LogP contribution in [-0.4, -0.2) is 59.5 Å². The highest BCUT2D eigenvalue weighted by molar-refractivity contribution is 6.33. The lowest BCUT2D eigenvalue weighted by atomic mass is 9.99. The molecule has 1 unspecified atom stereocenters. The van der Waals surface area contributed by atoms with E-state index in [2.05, 4.69) is 0 Å². The van der Waals surface area contributed by atoms with Gasteiger partial charge in [0.2, 0.25) is 0 Å². The molecule has 0 N–H and O–H groups in total. The summed E-state index contributed by atoms with van der Waals surface area (Å²) in [5.41, 5.74) is 2.29. The first kappa shape index (κ1) is 26.6. The number of amides is 1. The van der Waals surface area contributed by atoms with Gasteiger partial charge in [-0.25, -0.2) is 4.79 Å². The summed E-state index contributed by atoms with van der Waals surface area (Å²) in [6, 6.07) is 6.01. The second-order valence-electron chi connectivity index (χ2n) is 7.78. The van der Waals surface area contributed by atoms with Crippen molar-refractivity contribution in [2.24, 2.45) is 7.05 Å². The van der Waals surface area contributed by atoms with Gasteiger partial charge in [-0.2, -0.15) is 0 Å². The summed E-state index contributed by atoms with van der Waals surface area (Å²) in [7, 11) is 1.73. The predicted octanol–water partition coefficient (Wildman–Crippen LogP) is 4.61.